The highest BCUT2D eigenvalue weighted by Crippen LogP contribution is 2.34. The van der Waals surface area contributed by atoms with E-state index in [0.29, 0.717) is 30.3 Å². The maximum absolute atomic E-state index is 12.6. The van der Waals surface area contributed by atoms with Crippen LogP contribution in [-0.4, -0.2) is 32.8 Å². The van der Waals surface area contributed by atoms with Crippen LogP contribution in [0.15, 0.2) is 42.5 Å². The molecule has 0 fully saturated rings. The number of rotatable bonds is 8. The van der Waals surface area contributed by atoms with Crippen molar-refractivity contribution in [2.45, 2.75) is 32.9 Å². The lowest BCUT2D eigenvalue weighted by Gasteiger charge is -2.23. The van der Waals surface area contributed by atoms with Crippen LogP contribution in [0.2, 0.25) is 0 Å². The molecule has 6 nitrogen and oxygen atoms in total. The Morgan fingerprint density at radius 1 is 1.06 bits per heavy atom. The van der Waals surface area contributed by atoms with Gasteiger partial charge in [-0.2, -0.15) is 8.78 Å². The van der Waals surface area contributed by atoms with Crippen LogP contribution >= 0.6 is 0 Å². The summed E-state index contributed by atoms with van der Waals surface area (Å²) in [6.45, 7) is 2.28. The molecule has 2 aromatic carbocycles. The minimum absolute atomic E-state index is 0.0709. The monoisotopic (exact) mass is 447 g/mol. The van der Waals surface area contributed by atoms with Gasteiger partial charge in [-0.05, 0) is 47.4 Å². The van der Waals surface area contributed by atoms with Gasteiger partial charge in [0.25, 0.3) is 0 Å². The Balaban J connectivity index is 1.72. The molecule has 1 amide bonds. The Labute approximate surface area is 186 Å². The fraction of sp³-hybridized carbons (Fsp3) is 0.375. The molecular formula is C24H27F2NO5. The fourth-order valence-electron chi connectivity index (χ4n) is 3.36. The number of benzene rings is 2. The lowest BCUT2D eigenvalue weighted by Crippen LogP contribution is -2.30. The number of fused-ring (bicyclic) bond motifs is 1. The molecule has 8 heteroatoms. The largest absolute Gasteiger partial charge is 0.493 e. The molecule has 3 rings (SSSR count). The van der Waals surface area contributed by atoms with Crippen molar-refractivity contribution in [1.29, 1.82) is 0 Å². The zero-order valence-corrected chi connectivity index (χ0v) is 18.3. The lowest BCUT2D eigenvalue weighted by molar-refractivity contribution is -0.117. The molecule has 1 atom stereocenters. The number of hydrogen-bond acceptors (Lipinski definition) is 5. The van der Waals surface area contributed by atoms with Crippen molar-refractivity contribution in [3.8, 4) is 23.0 Å². The summed E-state index contributed by atoms with van der Waals surface area (Å²) >= 11 is 0. The third kappa shape index (κ3) is 6.12. The van der Waals surface area contributed by atoms with Gasteiger partial charge in [-0.3, -0.25) is 4.79 Å². The third-order valence-electron chi connectivity index (χ3n) is 4.93. The zero-order valence-electron chi connectivity index (χ0n) is 18.3. The molecule has 1 aliphatic heterocycles. The molecule has 0 aromatic heterocycles. The molecule has 0 saturated heterocycles. The van der Waals surface area contributed by atoms with Crippen LogP contribution in [0.25, 0.3) is 6.08 Å². The summed E-state index contributed by atoms with van der Waals surface area (Å²) in [6.07, 6.45) is 3.79. The van der Waals surface area contributed by atoms with Crippen LogP contribution in [0.5, 0.6) is 23.0 Å². The Kier molecular flexibility index (Phi) is 7.92. The van der Waals surface area contributed by atoms with Crippen molar-refractivity contribution < 1.29 is 32.5 Å². The number of ether oxygens (including phenoxy) is 4. The van der Waals surface area contributed by atoms with E-state index in [-0.39, 0.29) is 29.4 Å². The summed E-state index contributed by atoms with van der Waals surface area (Å²) < 4.78 is 45.9. The zero-order chi connectivity index (χ0) is 23.1. The van der Waals surface area contributed by atoms with Crippen molar-refractivity contribution in [2.24, 2.45) is 5.92 Å². The second kappa shape index (κ2) is 10.8. The predicted octanol–water partition coefficient (Wildman–Crippen LogP) is 4.98. The smallest absolute Gasteiger partial charge is 0.387 e. The average molecular weight is 447 g/mol. The molecule has 172 valence electrons. The topological polar surface area (TPSA) is 66.0 Å². The minimum Gasteiger partial charge on any atom is -0.493 e. The number of methoxy groups -OCH3 is 1. The maximum Gasteiger partial charge on any atom is 0.387 e. The van der Waals surface area contributed by atoms with Gasteiger partial charge in [0.15, 0.2) is 23.0 Å². The predicted molar refractivity (Wildman–Crippen MR) is 116 cm³/mol. The minimum atomic E-state index is -2.95. The molecule has 1 aliphatic rings. The number of amides is 1. The number of alkyl halides is 2. The summed E-state index contributed by atoms with van der Waals surface area (Å²) in [6, 6.07) is 9.91. The van der Waals surface area contributed by atoms with Crippen LogP contribution in [0.1, 0.15) is 37.4 Å². The SMILES string of the molecule is COc1cc(C=CC(=O)NC(c2ccc3c(c2)OCCCO3)C(C)C)ccc1OC(F)F. The first kappa shape index (κ1) is 23.4. The van der Waals surface area contributed by atoms with Gasteiger partial charge in [0.2, 0.25) is 5.91 Å². The Morgan fingerprint density at radius 3 is 2.50 bits per heavy atom. The highest BCUT2D eigenvalue weighted by molar-refractivity contribution is 5.92. The normalized spacial score (nSPS) is 14.3. The van der Waals surface area contributed by atoms with Crippen LogP contribution < -0.4 is 24.3 Å². The molecule has 0 aliphatic carbocycles. The van der Waals surface area contributed by atoms with Crippen molar-refractivity contribution in [3.63, 3.8) is 0 Å². The van der Waals surface area contributed by atoms with Crippen LogP contribution in [-0.2, 0) is 4.79 Å². The van der Waals surface area contributed by atoms with Gasteiger partial charge in [0.05, 0.1) is 26.4 Å². The van der Waals surface area contributed by atoms with E-state index in [4.69, 9.17) is 14.2 Å². The van der Waals surface area contributed by atoms with E-state index in [1.54, 1.807) is 12.1 Å². The van der Waals surface area contributed by atoms with Crippen LogP contribution in [0.3, 0.4) is 0 Å². The molecule has 0 radical (unpaired) electrons. The highest BCUT2D eigenvalue weighted by atomic mass is 19.3. The molecule has 0 saturated carbocycles. The van der Waals surface area contributed by atoms with E-state index in [0.717, 1.165) is 12.0 Å². The molecule has 0 bridgehead atoms. The Bertz CT molecular complexity index is 961. The van der Waals surface area contributed by atoms with Gasteiger partial charge in [-0.15, -0.1) is 0 Å². The second-order valence-corrected chi connectivity index (χ2v) is 7.61. The standard InChI is InChI=1S/C24H27F2NO5/c1-15(2)23(17-7-9-18-21(14-17)31-12-4-11-30-18)27-22(28)10-6-16-5-8-19(32-24(25)26)20(13-16)29-3/h5-10,13-15,23-24H,4,11-12H2,1-3H3,(H,27,28). The van der Waals surface area contributed by atoms with Gasteiger partial charge in [-0.1, -0.05) is 26.0 Å². The van der Waals surface area contributed by atoms with E-state index >= 15 is 0 Å². The number of hydrogen-bond donors (Lipinski definition) is 1. The van der Waals surface area contributed by atoms with E-state index in [9.17, 15) is 13.6 Å². The van der Waals surface area contributed by atoms with Crippen LogP contribution in [0.4, 0.5) is 8.78 Å². The van der Waals surface area contributed by atoms with Crippen molar-refractivity contribution >= 4 is 12.0 Å². The summed E-state index contributed by atoms with van der Waals surface area (Å²) in [4.78, 5) is 12.6. The molecule has 32 heavy (non-hydrogen) atoms. The quantitative estimate of drug-likeness (QED) is 0.578. The van der Waals surface area contributed by atoms with Crippen LogP contribution in [0, 0.1) is 5.92 Å². The number of carbonyl (C=O) groups excluding carboxylic acids is 1. The molecular weight excluding hydrogens is 420 g/mol. The molecule has 0 spiro atoms. The molecule has 2 aromatic rings. The fourth-order valence-corrected chi connectivity index (χ4v) is 3.36. The molecule has 1 heterocycles. The first-order valence-electron chi connectivity index (χ1n) is 10.4. The summed E-state index contributed by atoms with van der Waals surface area (Å²) in [5, 5.41) is 3.01. The Morgan fingerprint density at radius 2 is 1.81 bits per heavy atom. The third-order valence-corrected chi connectivity index (χ3v) is 4.93. The molecule has 1 unspecified atom stereocenters. The molecule has 1 N–H and O–H groups in total. The summed E-state index contributed by atoms with van der Waals surface area (Å²) in [5.74, 6) is 1.30. The van der Waals surface area contributed by atoms with E-state index in [2.05, 4.69) is 10.1 Å². The van der Waals surface area contributed by atoms with E-state index < -0.39 is 6.61 Å². The highest BCUT2D eigenvalue weighted by Gasteiger charge is 2.20. The average Bonchev–Trinajstić information content (AvgIpc) is 3.01. The summed E-state index contributed by atoms with van der Waals surface area (Å²) in [7, 11) is 1.36. The van der Waals surface area contributed by atoms with Gasteiger partial charge in [0, 0.05) is 12.5 Å². The second-order valence-electron chi connectivity index (χ2n) is 7.61. The van der Waals surface area contributed by atoms with Crippen molar-refractivity contribution in [2.75, 3.05) is 20.3 Å². The lowest BCUT2D eigenvalue weighted by atomic mass is 9.95. The Hall–Kier alpha value is -3.29. The summed E-state index contributed by atoms with van der Waals surface area (Å²) in [5.41, 5.74) is 1.52. The van der Waals surface area contributed by atoms with Gasteiger partial charge in [0.1, 0.15) is 0 Å². The van der Waals surface area contributed by atoms with Crippen molar-refractivity contribution in [3.05, 3.63) is 53.6 Å². The van der Waals surface area contributed by atoms with Gasteiger partial charge < -0.3 is 24.3 Å². The first-order chi connectivity index (χ1) is 15.4. The number of carbonyl (C=O) groups is 1. The number of halogens is 2. The van der Waals surface area contributed by atoms with Gasteiger partial charge in [-0.25, -0.2) is 0 Å². The van der Waals surface area contributed by atoms with E-state index in [1.165, 1.54) is 25.3 Å². The van der Waals surface area contributed by atoms with Crippen molar-refractivity contribution in [1.82, 2.24) is 5.32 Å². The first-order valence-corrected chi connectivity index (χ1v) is 10.4. The van der Waals surface area contributed by atoms with Gasteiger partial charge >= 0.3 is 6.61 Å². The van der Waals surface area contributed by atoms with E-state index in [1.807, 2.05) is 32.0 Å². The number of nitrogens with one attached hydrogen (secondary N) is 1. The maximum atomic E-state index is 12.6.